The fourth-order valence-electron chi connectivity index (χ4n) is 2.41. The SMILES string of the molecule is Cc1ccc(F)cc1CN1C(=O)C(=O)c2ccc(F)cc21. The van der Waals surface area contributed by atoms with Crippen molar-refractivity contribution in [3.63, 3.8) is 0 Å². The zero-order chi connectivity index (χ0) is 15.1. The molecule has 0 radical (unpaired) electrons. The van der Waals surface area contributed by atoms with E-state index in [0.717, 1.165) is 17.7 Å². The Morgan fingerprint density at radius 3 is 2.43 bits per heavy atom. The Morgan fingerprint density at radius 1 is 1.00 bits per heavy atom. The standard InChI is InChI=1S/C16H11F2NO2/c1-9-2-3-11(17)6-10(9)8-19-14-7-12(18)4-5-13(14)15(20)16(19)21/h2-7H,8H2,1H3. The largest absolute Gasteiger partial charge is 0.300 e. The minimum absolute atomic E-state index is 0.0324. The van der Waals surface area contributed by atoms with Gasteiger partial charge in [0.05, 0.1) is 17.8 Å². The number of nitrogens with zero attached hydrogens (tertiary/aromatic N) is 1. The van der Waals surface area contributed by atoms with Crippen molar-refractivity contribution in [1.82, 2.24) is 0 Å². The molecule has 1 aliphatic heterocycles. The Labute approximate surface area is 119 Å². The molecule has 0 saturated carbocycles. The Bertz CT molecular complexity index is 771. The number of hydrogen-bond acceptors (Lipinski definition) is 2. The van der Waals surface area contributed by atoms with Crippen LogP contribution in [0.3, 0.4) is 0 Å². The van der Waals surface area contributed by atoms with Gasteiger partial charge in [-0.25, -0.2) is 8.78 Å². The molecule has 0 unspecified atom stereocenters. The van der Waals surface area contributed by atoms with Gasteiger partial charge in [0.1, 0.15) is 11.6 Å². The van der Waals surface area contributed by atoms with Crippen LogP contribution in [0.25, 0.3) is 0 Å². The molecule has 5 heteroatoms. The summed E-state index contributed by atoms with van der Waals surface area (Å²) in [5.74, 6) is -2.34. The lowest BCUT2D eigenvalue weighted by atomic mass is 10.1. The number of rotatable bonds is 2. The zero-order valence-electron chi connectivity index (χ0n) is 11.2. The lowest BCUT2D eigenvalue weighted by molar-refractivity contribution is -0.114. The monoisotopic (exact) mass is 287 g/mol. The molecule has 0 fully saturated rings. The number of hydrogen-bond donors (Lipinski definition) is 0. The van der Waals surface area contributed by atoms with E-state index in [0.29, 0.717) is 5.56 Å². The number of anilines is 1. The number of Topliss-reactive ketones (excluding diaryl/α,β-unsaturated/α-hetero) is 1. The fraction of sp³-hybridized carbons (Fsp3) is 0.125. The first kappa shape index (κ1) is 13.4. The van der Waals surface area contributed by atoms with Crippen LogP contribution in [0.15, 0.2) is 36.4 Å². The van der Waals surface area contributed by atoms with Crippen molar-refractivity contribution in [2.75, 3.05) is 4.90 Å². The van der Waals surface area contributed by atoms with E-state index in [9.17, 15) is 18.4 Å². The van der Waals surface area contributed by atoms with Crippen molar-refractivity contribution < 1.29 is 18.4 Å². The van der Waals surface area contributed by atoms with Crippen LogP contribution in [0.2, 0.25) is 0 Å². The Hall–Kier alpha value is -2.56. The summed E-state index contributed by atoms with van der Waals surface area (Å²) in [6.45, 7) is 1.81. The van der Waals surface area contributed by atoms with Gasteiger partial charge in [-0.3, -0.25) is 9.59 Å². The van der Waals surface area contributed by atoms with Gasteiger partial charge in [-0.1, -0.05) is 6.07 Å². The molecule has 0 bridgehead atoms. The molecule has 0 atom stereocenters. The number of fused-ring (bicyclic) bond motifs is 1. The van der Waals surface area contributed by atoms with E-state index in [4.69, 9.17) is 0 Å². The molecule has 2 aromatic carbocycles. The second-order valence-electron chi connectivity index (χ2n) is 4.95. The predicted octanol–water partition coefficient (Wildman–Crippen LogP) is 3.00. The molecule has 0 aromatic heterocycles. The first-order chi connectivity index (χ1) is 9.97. The van der Waals surface area contributed by atoms with E-state index >= 15 is 0 Å². The van der Waals surface area contributed by atoms with Crippen molar-refractivity contribution in [3.05, 3.63) is 64.7 Å². The van der Waals surface area contributed by atoms with E-state index in [1.54, 1.807) is 13.0 Å². The number of aryl methyl sites for hydroxylation is 1. The lowest BCUT2D eigenvalue weighted by Crippen LogP contribution is -2.29. The van der Waals surface area contributed by atoms with Crippen LogP contribution in [0.1, 0.15) is 21.5 Å². The average Bonchev–Trinajstić information content (AvgIpc) is 2.67. The summed E-state index contributed by atoms with van der Waals surface area (Å²) in [6, 6.07) is 7.81. The van der Waals surface area contributed by atoms with Gasteiger partial charge in [0.2, 0.25) is 0 Å². The summed E-state index contributed by atoms with van der Waals surface area (Å²) in [5.41, 5.74) is 1.78. The highest BCUT2D eigenvalue weighted by atomic mass is 19.1. The minimum Gasteiger partial charge on any atom is -0.300 e. The normalized spacial score (nSPS) is 13.8. The van der Waals surface area contributed by atoms with Crippen molar-refractivity contribution in [1.29, 1.82) is 0 Å². The van der Waals surface area contributed by atoms with Crippen LogP contribution in [0, 0.1) is 18.6 Å². The van der Waals surface area contributed by atoms with Gasteiger partial charge in [0.25, 0.3) is 11.7 Å². The van der Waals surface area contributed by atoms with Crippen LogP contribution < -0.4 is 4.90 Å². The number of carbonyl (C=O) groups is 2. The molecular formula is C16H11F2NO2. The van der Waals surface area contributed by atoms with Gasteiger partial charge in [0.15, 0.2) is 0 Å². The summed E-state index contributed by atoms with van der Waals surface area (Å²) >= 11 is 0. The van der Waals surface area contributed by atoms with Crippen LogP contribution in [0.5, 0.6) is 0 Å². The average molecular weight is 287 g/mol. The van der Waals surface area contributed by atoms with Crippen LogP contribution in [-0.4, -0.2) is 11.7 Å². The first-order valence-electron chi connectivity index (χ1n) is 6.38. The molecule has 3 rings (SSSR count). The number of benzene rings is 2. The van der Waals surface area contributed by atoms with Gasteiger partial charge >= 0.3 is 0 Å². The smallest absolute Gasteiger partial charge is 0.299 e. The third-order valence-electron chi connectivity index (χ3n) is 3.57. The summed E-state index contributed by atoms with van der Waals surface area (Å²) in [4.78, 5) is 25.1. The van der Waals surface area contributed by atoms with Crippen LogP contribution in [-0.2, 0) is 11.3 Å². The highest BCUT2D eigenvalue weighted by molar-refractivity contribution is 6.52. The Balaban J connectivity index is 2.04. The summed E-state index contributed by atoms with van der Waals surface area (Å²) in [7, 11) is 0. The molecule has 1 heterocycles. The van der Waals surface area contributed by atoms with E-state index in [1.165, 1.54) is 23.1 Å². The second-order valence-corrected chi connectivity index (χ2v) is 4.95. The maximum Gasteiger partial charge on any atom is 0.299 e. The van der Waals surface area contributed by atoms with Crippen LogP contribution in [0.4, 0.5) is 14.5 Å². The van der Waals surface area contributed by atoms with Crippen molar-refractivity contribution in [3.8, 4) is 0 Å². The molecule has 106 valence electrons. The fourth-order valence-corrected chi connectivity index (χ4v) is 2.41. The van der Waals surface area contributed by atoms with E-state index in [2.05, 4.69) is 0 Å². The predicted molar refractivity (Wildman–Crippen MR) is 73.1 cm³/mol. The third kappa shape index (κ3) is 2.20. The van der Waals surface area contributed by atoms with Gasteiger partial charge < -0.3 is 4.90 Å². The molecule has 1 aliphatic rings. The van der Waals surface area contributed by atoms with Gasteiger partial charge in [-0.15, -0.1) is 0 Å². The maximum absolute atomic E-state index is 13.4. The summed E-state index contributed by atoms with van der Waals surface area (Å²) < 4.78 is 26.7. The molecule has 2 aromatic rings. The topological polar surface area (TPSA) is 37.4 Å². The number of ketones is 1. The molecule has 3 nitrogen and oxygen atoms in total. The molecule has 1 amide bonds. The highest BCUT2D eigenvalue weighted by Crippen LogP contribution is 2.31. The highest BCUT2D eigenvalue weighted by Gasteiger charge is 2.36. The quantitative estimate of drug-likeness (QED) is 0.796. The van der Waals surface area contributed by atoms with E-state index in [1.807, 2.05) is 0 Å². The van der Waals surface area contributed by atoms with Crippen LogP contribution >= 0.6 is 0 Å². The third-order valence-corrected chi connectivity index (χ3v) is 3.57. The molecular weight excluding hydrogens is 276 g/mol. The number of amides is 1. The van der Waals surface area contributed by atoms with Gasteiger partial charge in [-0.05, 0) is 48.4 Å². The minimum atomic E-state index is -0.723. The first-order valence-corrected chi connectivity index (χ1v) is 6.38. The molecule has 0 N–H and O–H groups in total. The Morgan fingerprint density at radius 2 is 1.67 bits per heavy atom. The van der Waals surface area contributed by atoms with E-state index in [-0.39, 0.29) is 17.8 Å². The van der Waals surface area contributed by atoms with Crippen molar-refractivity contribution >= 4 is 17.4 Å². The lowest BCUT2D eigenvalue weighted by Gasteiger charge is -2.18. The molecule has 0 spiro atoms. The molecule has 0 aliphatic carbocycles. The number of carbonyl (C=O) groups excluding carboxylic acids is 2. The van der Waals surface area contributed by atoms with Crippen molar-refractivity contribution in [2.45, 2.75) is 13.5 Å². The van der Waals surface area contributed by atoms with Crippen molar-refractivity contribution in [2.24, 2.45) is 0 Å². The maximum atomic E-state index is 13.4. The summed E-state index contributed by atoms with van der Waals surface area (Å²) in [5, 5.41) is 0. The van der Waals surface area contributed by atoms with E-state index < -0.39 is 23.3 Å². The zero-order valence-corrected chi connectivity index (χ0v) is 11.2. The van der Waals surface area contributed by atoms with Gasteiger partial charge in [-0.2, -0.15) is 0 Å². The molecule has 0 saturated heterocycles. The molecule has 21 heavy (non-hydrogen) atoms. The van der Waals surface area contributed by atoms with Gasteiger partial charge in [0, 0.05) is 0 Å². The Kier molecular flexibility index (Phi) is 3.05. The second kappa shape index (κ2) is 4.77. The number of halogens is 2. The summed E-state index contributed by atoms with van der Waals surface area (Å²) in [6.07, 6.45) is 0.